The van der Waals surface area contributed by atoms with Crippen molar-refractivity contribution < 1.29 is 14.8 Å². The molecule has 0 saturated heterocycles. The quantitative estimate of drug-likeness (QED) is 0.629. The Hall–Kier alpha value is -3.19. The van der Waals surface area contributed by atoms with Gasteiger partial charge in [-0.05, 0) is 29.8 Å². The van der Waals surface area contributed by atoms with Gasteiger partial charge in [-0.25, -0.2) is 13.8 Å². The molecule has 0 saturated carbocycles. The molecule has 0 aliphatic carbocycles. The molecule has 26 heavy (non-hydrogen) atoms. The highest BCUT2D eigenvalue weighted by molar-refractivity contribution is 5.43. The lowest BCUT2D eigenvalue weighted by Gasteiger charge is -2.24. The highest BCUT2D eigenvalue weighted by Gasteiger charge is 2.31. The zero-order valence-electron chi connectivity index (χ0n) is 13.8. The van der Waals surface area contributed by atoms with Crippen molar-refractivity contribution >= 4 is 0 Å². The Morgan fingerprint density at radius 2 is 1.85 bits per heavy atom. The fourth-order valence-corrected chi connectivity index (χ4v) is 3.52. The average Bonchev–Trinajstić information content (AvgIpc) is 2.63. The number of fused-ring (bicyclic) bond motifs is 1. The number of H-pyrrole nitrogens is 1. The Balaban J connectivity index is 1.94. The van der Waals surface area contributed by atoms with Crippen LogP contribution in [0, 0.1) is 5.82 Å². The van der Waals surface area contributed by atoms with Crippen LogP contribution in [0.4, 0.5) is 4.39 Å². The molecule has 7 heteroatoms. The number of nitrogens with one attached hydrogen (secondary N) is 1. The largest absolute Gasteiger partial charge is 0.494 e. The maximum Gasteiger partial charge on any atom is 0.335 e. The summed E-state index contributed by atoms with van der Waals surface area (Å²) in [6.07, 6.45) is 0.864. The van der Waals surface area contributed by atoms with Crippen molar-refractivity contribution in [2.75, 3.05) is 6.54 Å². The van der Waals surface area contributed by atoms with Gasteiger partial charge in [-0.15, -0.1) is 0 Å². The molecule has 0 bridgehead atoms. The molecule has 2 heterocycles. The summed E-state index contributed by atoms with van der Waals surface area (Å²) in [5, 5.41) is 12.7. The number of aromatic hydroxyl groups is 1. The number of halogens is 1. The van der Waals surface area contributed by atoms with E-state index in [4.69, 9.17) is 0 Å². The van der Waals surface area contributed by atoms with Crippen molar-refractivity contribution in [1.82, 2.24) is 9.55 Å². The van der Waals surface area contributed by atoms with Crippen LogP contribution in [0.25, 0.3) is 5.69 Å². The first kappa shape index (κ1) is 16.3. The molecule has 0 fully saturated rings. The first-order chi connectivity index (χ1) is 12.6. The molecule has 0 unspecified atom stereocenters. The van der Waals surface area contributed by atoms with Gasteiger partial charge >= 0.3 is 5.69 Å². The zero-order valence-corrected chi connectivity index (χ0v) is 13.8. The van der Waals surface area contributed by atoms with E-state index < -0.39 is 29.0 Å². The Labute approximate surface area is 147 Å². The van der Waals surface area contributed by atoms with E-state index in [-0.39, 0.29) is 11.3 Å². The summed E-state index contributed by atoms with van der Waals surface area (Å²) in [6, 6.07) is 12.4. The summed E-state index contributed by atoms with van der Waals surface area (Å²) in [7, 11) is 0. The van der Waals surface area contributed by atoms with Crippen LogP contribution in [0.5, 0.6) is 5.88 Å². The van der Waals surface area contributed by atoms with Crippen molar-refractivity contribution in [2.45, 2.75) is 12.5 Å². The third-order valence-corrected chi connectivity index (χ3v) is 4.72. The Morgan fingerprint density at radius 1 is 1.12 bits per heavy atom. The normalized spacial score (nSPS) is 16.3. The molecule has 4 N–H and O–H groups in total. The molecular formula is C19H17FN3O3+. The van der Waals surface area contributed by atoms with Gasteiger partial charge in [-0.2, -0.15) is 0 Å². The van der Waals surface area contributed by atoms with Crippen LogP contribution in [0.3, 0.4) is 0 Å². The van der Waals surface area contributed by atoms with Crippen LogP contribution in [-0.4, -0.2) is 21.2 Å². The number of aromatic nitrogens is 2. The molecule has 2 aromatic carbocycles. The SMILES string of the molecule is O=c1[nH]c(=O)n(-c2ccc(F)cc2)c(O)c1[C@@H]1[NH2+]CCc2ccccc21. The standard InChI is InChI=1S/C19H16FN3O3/c20-12-5-7-13(8-6-12)23-18(25)15(17(24)22-19(23)26)16-14-4-2-1-3-11(14)9-10-21-16/h1-8,16,21,25H,9-10H2,(H,22,24,26)/p+1/t16-/m1/s1. The summed E-state index contributed by atoms with van der Waals surface area (Å²) in [6.45, 7) is 0.760. The number of quaternary nitrogens is 1. The number of nitrogens with two attached hydrogens (primary N) is 1. The summed E-state index contributed by atoms with van der Waals surface area (Å²) in [5.74, 6) is -0.885. The summed E-state index contributed by atoms with van der Waals surface area (Å²) in [5.41, 5.74) is 1.04. The molecule has 132 valence electrons. The number of hydrogen-bond acceptors (Lipinski definition) is 3. The Bertz CT molecular complexity index is 1090. The van der Waals surface area contributed by atoms with Gasteiger partial charge < -0.3 is 10.4 Å². The van der Waals surface area contributed by atoms with Crippen molar-refractivity contribution in [1.29, 1.82) is 0 Å². The summed E-state index contributed by atoms with van der Waals surface area (Å²) < 4.78 is 14.2. The van der Waals surface area contributed by atoms with E-state index in [9.17, 15) is 19.1 Å². The van der Waals surface area contributed by atoms with E-state index in [1.54, 1.807) is 0 Å². The topological polar surface area (TPSA) is 91.7 Å². The lowest BCUT2D eigenvalue weighted by atomic mass is 9.90. The van der Waals surface area contributed by atoms with Crippen LogP contribution in [0.1, 0.15) is 22.7 Å². The number of benzene rings is 2. The molecule has 1 atom stereocenters. The molecule has 0 radical (unpaired) electrons. The zero-order chi connectivity index (χ0) is 18.3. The van der Waals surface area contributed by atoms with Crippen LogP contribution in [-0.2, 0) is 6.42 Å². The molecule has 4 rings (SSSR count). The number of aromatic amines is 1. The first-order valence-electron chi connectivity index (χ1n) is 8.31. The van der Waals surface area contributed by atoms with E-state index in [2.05, 4.69) is 4.98 Å². The van der Waals surface area contributed by atoms with Gasteiger partial charge in [0, 0.05) is 12.0 Å². The third kappa shape index (κ3) is 2.62. The summed E-state index contributed by atoms with van der Waals surface area (Å²) in [4.78, 5) is 27.0. The monoisotopic (exact) mass is 354 g/mol. The Morgan fingerprint density at radius 3 is 2.62 bits per heavy atom. The van der Waals surface area contributed by atoms with Crippen LogP contribution in [0.2, 0.25) is 0 Å². The molecule has 1 aliphatic heterocycles. The smallest absolute Gasteiger partial charge is 0.335 e. The highest BCUT2D eigenvalue weighted by Crippen LogP contribution is 2.28. The van der Waals surface area contributed by atoms with Crippen LogP contribution >= 0.6 is 0 Å². The van der Waals surface area contributed by atoms with Crippen LogP contribution < -0.4 is 16.6 Å². The van der Waals surface area contributed by atoms with Crippen LogP contribution in [0.15, 0.2) is 58.1 Å². The minimum absolute atomic E-state index is 0.112. The van der Waals surface area contributed by atoms with Crippen molar-refractivity contribution in [2.24, 2.45) is 0 Å². The number of nitrogens with zero attached hydrogens (tertiary/aromatic N) is 1. The second-order valence-electron chi connectivity index (χ2n) is 6.26. The first-order valence-corrected chi connectivity index (χ1v) is 8.31. The fraction of sp³-hybridized carbons (Fsp3) is 0.158. The van der Waals surface area contributed by atoms with Gasteiger partial charge in [-0.3, -0.25) is 9.78 Å². The van der Waals surface area contributed by atoms with Gasteiger partial charge in [0.1, 0.15) is 17.4 Å². The van der Waals surface area contributed by atoms with Gasteiger partial charge in [0.25, 0.3) is 5.56 Å². The van der Waals surface area contributed by atoms with Crippen molar-refractivity contribution in [3.63, 3.8) is 0 Å². The lowest BCUT2D eigenvalue weighted by Crippen LogP contribution is -2.87. The Kier molecular flexibility index (Phi) is 3.93. The second-order valence-corrected chi connectivity index (χ2v) is 6.26. The van der Waals surface area contributed by atoms with Gasteiger partial charge in [0.05, 0.1) is 12.2 Å². The fourth-order valence-electron chi connectivity index (χ4n) is 3.52. The van der Waals surface area contributed by atoms with Crippen molar-refractivity contribution in [3.05, 3.63) is 91.9 Å². The maximum absolute atomic E-state index is 13.2. The minimum Gasteiger partial charge on any atom is -0.494 e. The molecule has 1 aromatic heterocycles. The third-order valence-electron chi connectivity index (χ3n) is 4.72. The van der Waals surface area contributed by atoms with E-state index in [1.165, 1.54) is 24.3 Å². The number of rotatable bonds is 2. The lowest BCUT2D eigenvalue weighted by molar-refractivity contribution is -0.690. The molecule has 6 nitrogen and oxygen atoms in total. The van der Waals surface area contributed by atoms with Gasteiger partial charge in [0.2, 0.25) is 5.88 Å². The van der Waals surface area contributed by atoms with E-state index in [0.717, 1.165) is 28.7 Å². The molecule has 3 aromatic rings. The minimum atomic E-state index is -0.771. The van der Waals surface area contributed by atoms with Gasteiger partial charge in [0.15, 0.2) is 0 Å². The summed E-state index contributed by atoms with van der Waals surface area (Å²) >= 11 is 0. The number of hydrogen-bond donors (Lipinski definition) is 3. The predicted molar refractivity (Wildman–Crippen MR) is 93.1 cm³/mol. The predicted octanol–water partition coefficient (Wildman–Crippen LogP) is 0.579. The second kappa shape index (κ2) is 6.27. The maximum atomic E-state index is 13.2. The van der Waals surface area contributed by atoms with E-state index in [1.807, 2.05) is 29.6 Å². The molecule has 1 aliphatic rings. The highest BCUT2D eigenvalue weighted by atomic mass is 19.1. The van der Waals surface area contributed by atoms with E-state index >= 15 is 0 Å². The molecule has 0 amide bonds. The molecule has 0 spiro atoms. The van der Waals surface area contributed by atoms with Crippen molar-refractivity contribution in [3.8, 4) is 11.6 Å². The molecular weight excluding hydrogens is 337 g/mol. The van der Waals surface area contributed by atoms with Gasteiger partial charge in [-0.1, -0.05) is 24.3 Å². The average molecular weight is 354 g/mol. The van der Waals surface area contributed by atoms with E-state index in [0.29, 0.717) is 0 Å².